The highest BCUT2D eigenvalue weighted by atomic mass is 32.1. The molecule has 20 heavy (non-hydrogen) atoms. The van der Waals surface area contributed by atoms with E-state index in [9.17, 15) is 4.79 Å². The Morgan fingerprint density at radius 3 is 2.75 bits per heavy atom. The monoisotopic (exact) mass is 290 g/mol. The molecule has 106 valence electrons. The number of nitrogens with zero attached hydrogens (tertiary/aromatic N) is 2. The first-order valence-corrected chi connectivity index (χ1v) is 7.27. The molecule has 0 spiro atoms. The second-order valence-electron chi connectivity index (χ2n) is 4.45. The van der Waals surface area contributed by atoms with Crippen LogP contribution in [0.5, 0.6) is 0 Å². The molecule has 0 bridgehead atoms. The van der Waals surface area contributed by atoms with Crippen LogP contribution in [0.3, 0.4) is 0 Å². The van der Waals surface area contributed by atoms with Crippen LogP contribution in [0.4, 0.5) is 16.6 Å². The predicted molar refractivity (Wildman–Crippen MR) is 84.5 cm³/mol. The van der Waals surface area contributed by atoms with Crippen molar-refractivity contribution in [3.63, 3.8) is 0 Å². The van der Waals surface area contributed by atoms with Crippen molar-refractivity contribution in [2.24, 2.45) is 0 Å². The third-order valence-electron chi connectivity index (χ3n) is 2.77. The molecule has 0 aliphatic carbocycles. The minimum atomic E-state index is -0.220. The van der Waals surface area contributed by atoms with Gasteiger partial charge in [-0.2, -0.15) is 0 Å². The van der Waals surface area contributed by atoms with Crippen molar-refractivity contribution >= 4 is 33.9 Å². The van der Waals surface area contributed by atoms with Crippen molar-refractivity contribution in [3.8, 4) is 0 Å². The van der Waals surface area contributed by atoms with Gasteiger partial charge in [0.1, 0.15) is 10.7 Å². The molecular weight excluding hydrogens is 272 g/mol. The number of nitrogens with one attached hydrogen (secondary N) is 1. The summed E-state index contributed by atoms with van der Waals surface area (Å²) in [5.74, 6) is 0.0590. The van der Waals surface area contributed by atoms with Gasteiger partial charge in [-0.05, 0) is 18.6 Å². The summed E-state index contributed by atoms with van der Waals surface area (Å²) in [6, 6.07) is 9.30. The highest BCUT2D eigenvalue weighted by Crippen LogP contribution is 2.28. The smallest absolute Gasteiger partial charge is 0.269 e. The second kappa shape index (κ2) is 6.38. The lowest BCUT2D eigenvalue weighted by Crippen LogP contribution is -2.17. The molecule has 0 saturated heterocycles. The number of amides is 1. The van der Waals surface area contributed by atoms with E-state index in [2.05, 4.69) is 17.2 Å². The molecule has 1 heterocycles. The van der Waals surface area contributed by atoms with Crippen LogP contribution in [0.25, 0.3) is 0 Å². The number of anilines is 3. The van der Waals surface area contributed by atoms with Crippen molar-refractivity contribution in [3.05, 3.63) is 35.2 Å². The van der Waals surface area contributed by atoms with Gasteiger partial charge >= 0.3 is 0 Å². The number of nitrogen functional groups attached to an aromatic ring is 1. The van der Waals surface area contributed by atoms with E-state index >= 15 is 0 Å². The first-order chi connectivity index (χ1) is 9.61. The van der Waals surface area contributed by atoms with Gasteiger partial charge in [-0.1, -0.05) is 36.5 Å². The number of carbonyl (C=O) groups is 1. The van der Waals surface area contributed by atoms with Crippen LogP contribution < -0.4 is 16.0 Å². The third-order valence-corrected chi connectivity index (χ3v) is 3.95. The minimum absolute atomic E-state index is 0.220. The van der Waals surface area contributed by atoms with Crippen molar-refractivity contribution in [1.29, 1.82) is 0 Å². The molecule has 6 heteroatoms. The first-order valence-electron chi connectivity index (χ1n) is 6.45. The zero-order valence-corrected chi connectivity index (χ0v) is 12.4. The summed E-state index contributed by atoms with van der Waals surface area (Å²) in [7, 11) is 1.95. The Morgan fingerprint density at radius 1 is 1.40 bits per heavy atom. The summed E-state index contributed by atoms with van der Waals surface area (Å²) in [6.45, 7) is 2.98. The Hall–Kier alpha value is -2.08. The molecule has 5 nitrogen and oxygen atoms in total. The summed E-state index contributed by atoms with van der Waals surface area (Å²) in [4.78, 5) is 18.9. The largest absolute Gasteiger partial charge is 0.382 e. The second-order valence-corrected chi connectivity index (χ2v) is 5.43. The normalized spacial score (nSPS) is 10.3. The van der Waals surface area contributed by atoms with Gasteiger partial charge in [-0.3, -0.25) is 4.79 Å². The molecule has 0 aliphatic rings. The quantitative estimate of drug-likeness (QED) is 0.888. The highest BCUT2D eigenvalue weighted by Gasteiger charge is 2.17. The maximum absolute atomic E-state index is 12.2. The number of carbonyl (C=O) groups excluding carboxylic acids is 1. The van der Waals surface area contributed by atoms with Crippen molar-refractivity contribution < 1.29 is 4.79 Å². The maximum atomic E-state index is 12.2. The Bertz CT molecular complexity index is 582. The number of rotatable bonds is 5. The minimum Gasteiger partial charge on any atom is -0.382 e. The SMILES string of the molecule is CCCN(C)c1nc(N)c(C(=O)Nc2ccccc2)s1. The van der Waals surface area contributed by atoms with Gasteiger partial charge in [0.15, 0.2) is 5.13 Å². The lowest BCUT2D eigenvalue weighted by atomic mass is 10.3. The van der Waals surface area contributed by atoms with Crippen LogP contribution in [0.1, 0.15) is 23.0 Å². The lowest BCUT2D eigenvalue weighted by molar-refractivity contribution is 0.103. The Kier molecular flexibility index (Phi) is 4.57. The molecule has 1 aromatic carbocycles. The third kappa shape index (κ3) is 3.27. The number of thiazole rings is 1. The molecule has 1 amide bonds. The summed E-state index contributed by atoms with van der Waals surface area (Å²) in [6.07, 6.45) is 1.02. The summed E-state index contributed by atoms with van der Waals surface area (Å²) >= 11 is 1.31. The Balaban J connectivity index is 2.14. The van der Waals surface area contributed by atoms with Gasteiger partial charge in [0.05, 0.1) is 0 Å². The van der Waals surface area contributed by atoms with E-state index in [0.29, 0.717) is 4.88 Å². The molecular formula is C14H18N4OS. The fraction of sp³-hybridized carbons (Fsp3) is 0.286. The number of benzene rings is 1. The number of hydrogen-bond donors (Lipinski definition) is 2. The molecule has 2 aromatic rings. The molecule has 0 radical (unpaired) electrons. The molecule has 3 N–H and O–H groups in total. The van der Waals surface area contributed by atoms with Crippen LogP contribution in [0.2, 0.25) is 0 Å². The van der Waals surface area contributed by atoms with Gasteiger partial charge in [0.25, 0.3) is 5.91 Å². The lowest BCUT2D eigenvalue weighted by Gasteiger charge is -2.13. The van der Waals surface area contributed by atoms with Gasteiger partial charge < -0.3 is 16.0 Å². The van der Waals surface area contributed by atoms with Gasteiger partial charge in [0.2, 0.25) is 0 Å². The van der Waals surface area contributed by atoms with Crippen LogP contribution in [0, 0.1) is 0 Å². The van der Waals surface area contributed by atoms with Crippen molar-refractivity contribution in [2.75, 3.05) is 29.5 Å². The fourth-order valence-corrected chi connectivity index (χ4v) is 2.65. The van der Waals surface area contributed by atoms with E-state index in [-0.39, 0.29) is 11.7 Å². The molecule has 2 rings (SSSR count). The van der Waals surface area contributed by atoms with Crippen LogP contribution >= 0.6 is 11.3 Å². The molecule has 0 atom stereocenters. The molecule has 1 aromatic heterocycles. The Morgan fingerprint density at radius 2 is 2.10 bits per heavy atom. The van der Waals surface area contributed by atoms with E-state index in [1.165, 1.54) is 11.3 Å². The highest BCUT2D eigenvalue weighted by molar-refractivity contribution is 7.18. The van der Waals surface area contributed by atoms with E-state index < -0.39 is 0 Å². The molecule has 0 aliphatic heterocycles. The maximum Gasteiger partial charge on any atom is 0.269 e. The van der Waals surface area contributed by atoms with E-state index in [4.69, 9.17) is 5.73 Å². The topological polar surface area (TPSA) is 71.2 Å². The zero-order valence-electron chi connectivity index (χ0n) is 11.6. The van der Waals surface area contributed by atoms with Crippen molar-refractivity contribution in [1.82, 2.24) is 4.98 Å². The standard InChI is InChI=1S/C14H18N4OS/c1-3-9-18(2)14-17-12(15)11(20-14)13(19)16-10-7-5-4-6-8-10/h4-8H,3,9,15H2,1-2H3,(H,16,19). The fourth-order valence-electron chi connectivity index (χ4n) is 1.79. The summed E-state index contributed by atoms with van der Waals surface area (Å²) < 4.78 is 0. The Labute approximate surface area is 122 Å². The average Bonchev–Trinajstić information content (AvgIpc) is 2.82. The zero-order chi connectivity index (χ0) is 14.5. The van der Waals surface area contributed by atoms with Gasteiger partial charge in [0, 0.05) is 19.3 Å². The van der Waals surface area contributed by atoms with Gasteiger partial charge in [-0.15, -0.1) is 0 Å². The first kappa shape index (κ1) is 14.3. The van der Waals surface area contributed by atoms with Crippen LogP contribution in [0.15, 0.2) is 30.3 Å². The van der Waals surface area contributed by atoms with E-state index in [1.807, 2.05) is 42.3 Å². The number of aromatic nitrogens is 1. The van der Waals surface area contributed by atoms with Crippen LogP contribution in [-0.4, -0.2) is 24.5 Å². The molecule has 0 saturated carbocycles. The van der Waals surface area contributed by atoms with Gasteiger partial charge in [-0.25, -0.2) is 4.98 Å². The summed E-state index contributed by atoms with van der Waals surface area (Å²) in [5.41, 5.74) is 6.59. The van der Waals surface area contributed by atoms with Crippen molar-refractivity contribution in [2.45, 2.75) is 13.3 Å². The predicted octanol–water partition coefficient (Wildman–Crippen LogP) is 2.82. The number of nitrogens with two attached hydrogens (primary N) is 1. The molecule has 0 fully saturated rings. The number of hydrogen-bond acceptors (Lipinski definition) is 5. The molecule has 0 unspecified atom stereocenters. The van der Waals surface area contributed by atoms with E-state index in [1.54, 1.807) is 0 Å². The average molecular weight is 290 g/mol. The summed E-state index contributed by atoms with van der Waals surface area (Å²) in [5, 5.41) is 3.58. The van der Waals surface area contributed by atoms with E-state index in [0.717, 1.165) is 23.8 Å². The number of para-hydroxylation sites is 1. The van der Waals surface area contributed by atoms with Crippen LogP contribution in [-0.2, 0) is 0 Å².